The third-order valence-corrected chi connectivity index (χ3v) is 9.16. The van der Waals surface area contributed by atoms with Crippen LogP contribution in [0.5, 0.6) is 0 Å². The number of alkyl carbamates (subject to hydrolysis) is 1. The van der Waals surface area contributed by atoms with E-state index in [1.807, 2.05) is 43.3 Å². The molecule has 0 aromatic heterocycles. The number of aliphatic carboxylic acids is 1. The Labute approximate surface area is 232 Å². The number of carboxylic acids is 1. The lowest BCUT2D eigenvalue weighted by atomic mass is 9.93. The molecule has 2 aliphatic rings. The van der Waals surface area contributed by atoms with E-state index in [1.165, 1.54) is 7.05 Å². The van der Waals surface area contributed by atoms with E-state index in [-0.39, 0.29) is 11.4 Å². The molecule has 1 aliphatic carbocycles. The number of carboxylic acid groups (broad SMARTS) is 1. The van der Waals surface area contributed by atoms with Crippen LogP contribution in [0.2, 0.25) is 0 Å². The van der Waals surface area contributed by atoms with Gasteiger partial charge in [0.1, 0.15) is 11.9 Å². The first-order valence-corrected chi connectivity index (χ1v) is 14.1. The van der Waals surface area contributed by atoms with E-state index in [0.29, 0.717) is 18.4 Å². The molecule has 5 rings (SSSR count). The van der Waals surface area contributed by atoms with Crippen molar-refractivity contribution in [3.8, 4) is 11.1 Å². The Morgan fingerprint density at radius 3 is 2.05 bits per heavy atom. The van der Waals surface area contributed by atoms with Gasteiger partial charge in [-0.05, 0) is 60.1 Å². The van der Waals surface area contributed by atoms with E-state index in [1.54, 1.807) is 43.3 Å². The molecule has 1 heterocycles. The maximum Gasteiger partial charge on any atom is 0.413 e. The monoisotopic (exact) mass is 560 g/mol. The molecule has 1 unspecified atom stereocenters. The Morgan fingerprint density at radius 1 is 0.950 bits per heavy atom. The van der Waals surface area contributed by atoms with Gasteiger partial charge in [-0.1, -0.05) is 72.8 Å². The van der Waals surface area contributed by atoms with E-state index < -0.39 is 38.7 Å². The van der Waals surface area contributed by atoms with Crippen LogP contribution in [0.1, 0.15) is 48.1 Å². The van der Waals surface area contributed by atoms with Crippen molar-refractivity contribution in [3.63, 3.8) is 0 Å². The summed E-state index contributed by atoms with van der Waals surface area (Å²) in [6, 6.07) is 21.4. The van der Waals surface area contributed by atoms with Crippen LogP contribution >= 0.6 is 0 Å². The predicted octanol–water partition coefficient (Wildman–Crippen LogP) is 4.74. The summed E-state index contributed by atoms with van der Waals surface area (Å²) in [6.07, 6.45) is -0.274. The summed E-state index contributed by atoms with van der Waals surface area (Å²) in [7, 11) is -3.17. The first-order chi connectivity index (χ1) is 19.0. The lowest BCUT2D eigenvalue weighted by molar-refractivity contribution is -0.140. The fourth-order valence-electron chi connectivity index (χ4n) is 4.98. The van der Waals surface area contributed by atoms with E-state index in [9.17, 15) is 27.9 Å². The minimum Gasteiger partial charge on any atom is -0.481 e. The second kappa shape index (κ2) is 9.95. The average molecular weight is 561 g/mol. The van der Waals surface area contributed by atoms with Gasteiger partial charge >= 0.3 is 27.2 Å². The largest absolute Gasteiger partial charge is 0.481 e. The van der Waals surface area contributed by atoms with Crippen LogP contribution in [0.25, 0.3) is 16.7 Å². The summed E-state index contributed by atoms with van der Waals surface area (Å²) >= 11 is 0. The molecule has 10 heteroatoms. The number of carbonyl (C=O) groups excluding carboxylic acids is 2. The van der Waals surface area contributed by atoms with Gasteiger partial charge in [-0.3, -0.25) is 19.2 Å². The van der Waals surface area contributed by atoms with Crippen LogP contribution in [0.15, 0.2) is 78.6 Å². The number of rotatable bonds is 7. The van der Waals surface area contributed by atoms with Gasteiger partial charge in [0.05, 0.1) is 11.0 Å². The van der Waals surface area contributed by atoms with Gasteiger partial charge in [-0.2, -0.15) is 8.42 Å². The smallest absolute Gasteiger partial charge is 0.413 e. The molecule has 2 N–H and O–H groups in total. The fraction of sp³-hybridized carbons (Fsp3) is 0.233. The number of nitrogens with zero attached hydrogens (tertiary/aromatic N) is 1. The molecule has 206 valence electrons. The van der Waals surface area contributed by atoms with Crippen molar-refractivity contribution >= 4 is 32.8 Å². The number of ether oxygens (including phenoxy) is 1. The Kier molecular flexibility index (Phi) is 6.75. The van der Waals surface area contributed by atoms with E-state index in [4.69, 9.17) is 4.74 Å². The molecule has 0 bridgehead atoms. The summed E-state index contributed by atoms with van der Waals surface area (Å²) in [4.78, 5) is 37.3. The number of benzene rings is 3. The van der Waals surface area contributed by atoms with Crippen LogP contribution in [0.4, 0.5) is 4.79 Å². The van der Waals surface area contributed by atoms with Crippen LogP contribution in [0.3, 0.4) is 0 Å². The molecule has 0 radical (unpaired) electrons. The summed E-state index contributed by atoms with van der Waals surface area (Å²) in [5.74, 6) is -1.01. The summed E-state index contributed by atoms with van der Waals surface area (Å²) in [5, 5.41) is 10.9. The van der Waals surface area contributed by atoms with Gasteiger partial charge in [-0.15, -0.1) is 0 Å². The molecule has 0 saturated heterocycles. The molecule has 1 atom stereocenters. The highest BCUT2D eigenvalue weighted by Gasteiger charge is 2.51. The van der Waals surface area contributed by atoms with Crippen molar-refractivity contribution in [2.24, 2.45) is 0 Å². The van der Waals surface area contributed by atoms with Crippen LogP contribution in [0, 0.1) is 6.92 Å². The van der Waals surface area contributed by atoms with Gasteiger partial charge in [-0.25, -0.2) is 4.79 Å². The molecular formula is C30H28N2O7S. The number of nitrogens with one attached hydrogen (secondary N) is 1. The minimum absolute atomic E-state index is 0.165. The molecule has 1 fully saturated rings. The number of amides is 1. The standard InChI is InChI=1S/C30H28N2O7S/c1-18-6-4-5-7-24(18)19(2)39-29(36)31-26-25(27(33)40(37,38)32(26)3)22-10-8-20(9-11-22)21-12-14-23(15-13-21)30(16-17-30)28(34)35/h4-15,19H,16-17H2,1-3H3,(H,31,36)(H,34,35). The van der Waals surface area contributed by atoms with Crippen LogP contribution < -0.4 is 5.32 Å². The van der Waals surface area contributed by atoms with Crippen molar-refractivity contribution in [3.05, 3.63) is 101 Å². The van der Waals surface area contributed by atoms with Crippen molar-refractivity contribution in [2.45, 2.75) is 38.2 Å². The van der Waals surface area contributed by atoms with Gasteiger partial charge in [0.15, 0.2) is 0 Å². The molecule has 3 aromatic carbocycles. The van der Waals surface area contributed by atoms with Gasteiger partial charge < -0.3 is 9.84 Å². The molecular weight excluding hydrogens is 532 g/mol. The molecule has 40 heavy (non-hydrogen) atoms. The van der Waals surface area contributed by atoms with Gasteiger partial charge in [0, 0.05) is 7.05 Å². The minimum atomic E-state index is -4.36. The van der Waals surface area contributed by atoms with E-state index in [2.05, 4.69) is 5.32 Å². The number of hydrogen-bond acceptors (Lipinski definition) is 6. The summed E-state index contributed by atoms with van der Waals surface area (Å²) < 4.78 is 31.7. The number of aryl methyl sites for hydroxylation is 1. The maximum atomic E-state index is 12.9. The Hall–Kier alpha value is -4.44. The lowest BCUT2D eigenvalue weighted by Gasteiger charge is -2.19. The van der Waals surface area contributed by atoms with E-state index >= 15 is 0 Å². The zero-order valence-electron chi connectivity index (χ0n) is 22.2. The van der Waals surface area contributed by atoms with Crippen LogP contribution in [-0.4, -0.2) is 42.1 Å². The second-order valence-corrected chi connectivity index (χ2v) is 11.9. The zero-order valence-corrected chi connectivity index (χ0v) is 23.0. The van der Waals surface area contributed by atoms with E-state index in [0.717, 1.165) is 32.1 Å². The third-order valence-electron chi connectivity index (χ3n) is 7.59. The number of hydrogen-bond donors (Lipinski definition) is 2. The zero-order chi connectivity index (χ0) is 28.8. The quantitative estimate of drug-likeness (QED) is 0.427. The molecule has 1 aliphatic heterocycles. The Bertz CT molecular complexity index is 1650. The predicted molar refractivity (Wildman–Crippen MR) is 148 cm³/mol. The average Bonchev–Trinajstić information content (AvgIpc) is 3.73. The molecule has 1 saturated carbocycles. The van der Waals surface area contributed by atoms with Crippen molar-refractivity contribution < 1.29 is 32.6 Å². The fourth-order valence-corrected chi connectivity index (χ4v) is 6.08. The Morgan fingerprint density at radius 2 is 1.50 bits per heavy atom. The Balaban J connectivity index is 1.40. The van der Waals surface area contributed by atoms with Crippen molar-refractivity contribution in [1.29, 1.82) is 0 Å². The first kappa shape index (κ1) is 27.1. The highest BCUT2D eigenvalue weighted by molar-refractivity contribution is 8.05. The van der Waals surface area contributed by atoms with Crippen LogP contribution in [-0.2, 0) is 29.8 Å². The highest BCUT2D eigenvalue weighted by Crippen LogP contribution is 2.48. The van der Waals surface area contributed by atoms with Gasteiger partial charge in [0.25, 0.3) is 0 Å². The normalized spacial score (nSPS) is 17.9. The molecule has 1 amide bonds. The summed E-state index contributed by atoms with van der Waals surface area (Å²) in [6.45, 7) is 3.59. The number of carbonyl (C=O) groups is 3. The van der Waals surface area contributed by atoms with Crippen molar-refractivity contribution in [2.75, 3.05) is 7.05 Å². The van der Waals surface area contributed by atoms with Gasteiger partial charge in [0.2, 0.25) is 0 Å². The van der Waals surface area contributed by atoms with Crippen molar-refractivity contribution in [1.82, 2.24) is 9.62 Å². The second-order valence-electron chi connectivity index (χ2n) is 10.1. The maximum absolute atomic E-state index is 12.9. The summed E-state index contributed by atoms with van der Waals surface area (Å²) in [5.41, 5.74) is 3.47. The molecule has 0 spiro atoms. The topological polar surface area (TPSA) is 130 Å². The molecule has 9 nitrogen and oxygen atoms in total. The first-order valence-electron chi connectivity index (χ1n) is 12.7. The third kappa shape index (κ3) is 4.64. The lowest BCUT2D eigenvalue weighted by Crippen LogP contribution is -2.34. The number of sulfonamides is 1. The molecule has 3 aromatic rings. The SMILES string of the molecule is Cc1ccccc1C(C)OC(=O)NC1=C(c2ccc(-c3ccc(C4(C(=O)O)CC4)cc3)cc2)C(=O)S(=O)(=O)N1C. The highest BCUT2D eigenvalue weighted by atomic mass is 32.2.